The Morgan fingerprint density at radius 3 is 2.82 bits per heavy atom. The summed E-state index contributed by atoms with van der Waals surface area (Å²) in [7, 11) is 0. The smallest absolute Gasteiger partial charge is 0.310 e. The van der Waals surface area contributed by atoms with E-state index in [0.717, 1.165) is 0 Å². The van der Waals surface area contributed by atoms with Crippen LogP contribution in [0.2, 0.25) is 0 Å². The fourth-order valence-electron chi connectivity index (χ4n) is 1.37. The molecule has 0 radical (unpaired) electrons. The fourth-order valence-corrected chi connectivity index (χ4v) is 1.37. The van der Waals surface area contributed by atoms with E-state index in [0.29, 0.717) is 6.61 Å². The Morgan fingerprint density at radius 1 is 1.59 bits per heavy atom. The summed E-state index contributed by atoms with van der Waals surface area (Å²) in [4.78, 5) is 15.2. The molecule has 0 aliphatic rings. The highest BCUT2D eigenvalue weighted by Crippen LogP contribution is 2.09. The maximum Gasteiger partial charge on any atom is 0.310 e. The largest absolute Gasteiger partial charge is 0.466 e. The lowest BCUT2D eigenvalue weighted by Crippen LogP contribution is -2.20. The van der Waals surface area contributed by atoms with Crippen LogP contribution in [0.5, 0.6) is 0 Å². The molecule has 6 nitrogen and oxygen atoms in total. The summed E-state index contributed by atoms with van der Waals surface area (Å²) >= 11 is 0. The third-order valence-corrected chi connectivity index (χ3v) is 2.21. The van der Waals surface area contributed by atoms with Crippen LogP contribution in [-0.4, -0.2) is 22.1 Å². The molecule has 1 aromatic rings. The molecule has 0 aromatic carbocycles. The Balaban J connectivity index is 2.83. The summed E-state index contributed by atoms with van der Waals surface area (Å²) in [5.74, 6) is -0.716. The number of nitriles is 2. The minimum absolute atomic E-state index is 0.0727. The highest BCUT2D eigenvalue weighted by Gasteiger charge is 2.18. The van der Waals surface area contributed by atoms with Crippen LogP contribution in [0.4, 0.5) is 0 Å². The molecule has 1 atom stereocenters. The Hall–Kier alpha value is -2.34. The number of ether oxygens (including phenoxy) is 1. The van der Waals surface area contributed by atoms with Crippen molar-refractivity contribution >= 4 is 5.97 Å². The first-order chi connectivity index (χ1) is 8.13. The third kappa shape index (κ3) is 2.82. The molecule has 6 heteroatoms. The van der Waals surface area contributed by atoms with Crippen LogP contribution >= 0.6 is 0 Å². The van der Waals surface area contributed by atoms with Gasteiger partial charge in [0.1, 0.15) is 12.1 Å². The second-order valence-corrected chi connectivity index (χ2v) is 3.47. The number of hydrogen-bond donors (Lipinski definition) is 0. The Bertz CT molecular complexity index is 493. The highest BCUT2D eigenvalue weighted by atomic mass is 16.5. The first kappa shape index (κ1) is 12.7. The number of nitrogens with zero attached hydrogens (tertiary/aromatic N) is 4. The summed E-state index contributed by atoms with van der Waals surface area (Å²) in [6.07, 6.45) is 1.38. The molecule has 1 heterocycles. The third-order valence-electron chi connectivity index (χ3n) is 2.21. The molecule has 0 saturated carbocycles. The van der Waals surface area contributed by atoms with E-state index in [1.165, 1.54) is 10.9 Å². The maximum atomic E-state index is 11.4. The van der Waals surface area contributed by atoms with E-state index in [1.807, 2.05) is 12.1 Å². The molecule has 88 valence electrons. The predicted molar refractivity (Wildman–Crippen MR) is 57.5 cm³/mol. The molecule has 0 amide bonds. The molecular weight excluding hydrogens is 220 g/mol. The second kappa shape index (κ2) is 5.66. The minimum Gasteiger partial charge on any atom is -0.466 e. The first-order valence-corrected chi connectivity index (χ1v) is 5.16. The quantitative estimate of drug-likeness (QED) is 0.717. The Morgan fingerprint density at radius 2 is 2.29 bits per heavy atom. The molecule has 0 saturated heterocycles. The van der Waals surface area contributed by atoms with Crippen LogP contribution in [0.25, 0.3) is 0 Å². The highest BCUT2D eigenvalue weighted by molar-refractivity contribution is 5.71. The zero-order valence-corrected chi connectivity index (χ0v) is 9.67. The van der Waals surface area contributed by atoms with Crippen molar-refractivity contribution in [3.8, 4) is 12.1 Å². The molecule has 0 spiro atoms. The van der Waals surface area contributed by atoms with E-state index in [4.69, 9.17) is 15.3 Å². The van der Waals surface area contributed by atoms with Crippen LogP contribution in [0.15, 0.2) is 6.33 Å². The van der Waals surface area contributed by atoms with Gasteiger partial charge in [-0.05, 0) is 6.92 Å². The van der Waals surface area contributed by atoms with Crippen LogP contribution in [0.3, 0.4) is 0 Å². The van der Waals surface area contributed by atoms with E-state index in [1.54, 1.807) is 13.8 Å². The number of carbonyl (C=O) groups excluding carboxylic acids is 1. The van der Waals surface area contributed by atoms with Crippen LogP contribution in [0, 0.1) is 28.6 Å². The number of rotatable bonds is 4. The van der Waals surface area contributed by atoms with Crippen molar-refractivity contribution in [3.05, 3.63) is 17.7 Å². The molecule has 1 rings (SSSR count). The van der Waals surface area contributed by atoms with Gasteiger partial charge in [-0.1, -0.05) is 6.92 Å². The van der Waals surface area contributed by atoms with Crippen LogP contribution < -0.4 is 0 Å². The van der Waals surface area contributed by atoms with Gasteiger partial charge in [-0.15, -0.1) is 0 Å². The lowest BCUT2D eigenvalue weighted by atomic mass is 10.2. The first-order valence-electron chi connectivity index (χ1n) is 5.16. The SMILES string of the molecule is CCOC(=O)C(C)Cn1cnc(C#N)c1C#N. The van der Waals surface area contributed by atoms with Gasteiger partial charge in [0.05, 0.1) is 18.9 Å². The van der Waals surface area contributed by atoms with E-state index in [-0.39, 0.29) is 29.8 Å². The molecule has 0 bridgehead atoms. The van der Waals surface area contributed by atoms with Crippen molar-refractivity contribution in [2.45, 2.75) is 20.4 Å². The molecule has 0 fully saturated rings. The summed E-state index contributed by atoms with van der Waals surface area (Å²) in [5.41, 5.74) is 0.243. The molecule has 0 aliphatic heterocycles. The summed E-state index contributed by atoms with van der Waals surface area (Å²) < 4.78 is 6.35. The number of hydrogen-bond acceptors (Lipinski definition) is 5. The molecule has 1 aromatic heterocycles. The standard InChI is InChI=1S/C11H12N4O2/c1-3-17-11(16)8(2)6-15-7-14-9(4-12)10(15)5-13/h7-8H,3,6H2,1-2H3. The van der Waals surface area contributed by atoms with E-state index in [9.17, 15) is 4.79 Å². The van der Waals surface area contributed by atoms with Gasteiger partial charge in [-0.3, -0.25) is 4.79 Å². The number of aromatic nitrogens is 2. The van der Waals surface area contributed by atoms with Gasteiger partial charge in [0.2, 0.25) is 0 Å². The van der Waals surface area contributed by atoms with Gasteiger partial charge in [0.25, 0.3) is 0 Å². The van der Waals surface area contributed by atoms with E-state index >= 15 is 0 Å². The Kier molecular flexibility index (Phi) is 4.24. The monoisotopic (exact) mass is 232 g/mol. The van der Waals surface area contributed by atoms with Gasteiger partial charge in [0.15, 0.2) is 11.4 Å². The average Bonchev–Trinajstić information content (AvgIpc) is 2.71. The zero-order valence-electron chi connectivity index (χ0n) is 9.67. The normalized spacial score (nSPS) is 11.3. The fraction of sp³-hybridized carbons (Fsp3) is 0.455. The van der Waals surface area contributed by atoms with Crippen molar-refractivity contribution in [3.63, 3.8) is 0 Å². The van der Waals surface area contributed by atoms with Crippen LogP contribution in [0.1, 0.15) is 25.2 Å². The second-order valence-electron chi connectivity index (χ2n) is 3.47. The van der Waals surface area contributed by atoms with Crippen molar-refractivity contribution in [1.82, 2.24) is 9.55 Å². The van der Waals surface area contributed by atoms with E-state index in [2.05, 4.69) is 4.98 Å². The number of carbonyl (C=O) groups is 1. The van der Waals surface area contributed by atoms with Gasteiger partial charge in [0, 0.05) is 6.54 Å². The van der Waals surface area contributed by atoms with Gasteiger partial charge >= 0.3 is 5.97 Å². The number of imidazole rings is 1. The minimum atomic E-state index is -0.386. The lowest BCUT2D eigenvalue weighted by Gasteiger charge is -2.11. The Labute approximate surface area is 99.0 Å². The topological polar surface area (TPSA) is 91.7 Å². The maximum absolute atomic E-state index is 11.4. The van der Waals surface area contributed by atoms with Crippen molar-refractivity contribution in [2.75, 3.05) is 6.61 Å². The molecule has 17 heavy (non-hydrogen) atoms. The molecular formula is C11H12N4O2. The van der Waals surface area contributed by atoms with Crippen molar-refractivity contribution in [1.29, 1.82) is 10.5 Å². The van der Waals surface area contributed by atoms with Crippen LogP contribution in [-0.2, 0) is 16.1 Å². The molecule has 0 N–H and O–H groups in total. The summed E-state index contributed by atoms with van der Waals surface area (Å²) in [6.45, 7) is 4.03. The van der Waals surface area contributed by atoms with E-state index < -0.39 is 0 Å². The van der Waals surface area contributed by atoms with Gasteiger partial charge < -0.3 is 9.30 Å². The lowest BCUT2D eigenvalue weighted by molar-refractivity contribution is -0.147. The molecule has 0 aliphatic carbocycles. The van der Waals surface area contributed by atoms with Gasteiger partial charge in [-0.2, -0.15) is 10.5 Å². The number of esters is 1. The van der Waals surface area contributed by atoms with Crippen molar-refractivity contribution in [2.24, 2.45) is 5.92 Å². The predicted octanol–water partition coefficient (Wildman–Crippen LogP) is 0.826. The van der Waals surface area contributed by atoms with Crippen molar-refractivity contribution < 1.29 is 9.53 Å². The van der Waals surface area contributed by atoms with Gasteiger partial charge in [-0.25, -0.2) is 4.98 Å². The average molecular weight is 232 g/mol. The summed E-state index contributed by atoms with van der Waals surface area (Å²) in [5, 5.41) is 17.6. The molecule has 1 unspecified atom stereocenters. The summed E-state index contributed by atoms with van der Waals surface area (Å²) in [6, 6.07) is 3.72. The zero-order chi connectivity index (χ0) is 12.8.